The lowest BCUT2D eigenvalue weighted by atomic mass is 10.0. The predicted molar refractivity (Wildman–Crippen MR) is 67.6 cm³/mol. The van der Waals surface area contributed by atoms with Gasteiger partial charge in [0.15, 0.2) is 11.5 Å². The Hall–Kier alpha value is -1.40. The van der Waals surface area contributed by atoms with E-state index in [0.29, 0.717) is 18.7 Å². The second-order valence-corrected chi connectivity index (χ2v) is 4.68. The summed E-state index contributed by atoms with van der Waals surface area (Å²) in [6.07, 6.45) is -2.68. The van der Waals surface area contributed by atoms with Gasteiger partial charge in [0.2, 0.25) is 6.43 Å². The highest BCUT2D eigenvalue weighted by molar-refractivity contribution is 5.41. The fraction of sp³-hybridized carbons (Fsp3) is 0.538. The lowest BCUT2D eigenvalue weighted by molar-refractivity contribution is 0.0738. The van der Waals surface area contributed by atoms with Crippen molar-refractivity contribution in [1.82, 2.24) is 10.2 Å². The molecule has 0 bridgehead atoms. The van der Waals surface area contributed by atoms with Crippen LogP contribution in [0.25, 0.3) is 0 Å². The molecule has 2 rings (SSSR count). The Morgan fingerprint density at radius 1 is 1.16 bits per heavy atom. The van der Waals surface area contributed by atoms with Gasteiger partial charge in [-0.05, 0) is 17.7 Å². The largest absolute Gasteiger partial charge is 0.504 e. The van der Waals surface area contributed by atoms with E-state index >= 15 is 0 Å². The molecule has 1 aromatic rings. The zero-order valence-corrected chi connectivity index (χ0v) is 10.5. The van der Waals surface area contributed by atoms with Crippen LogP contribution in [-0.4, -0.2) is 47.7 Å². The minimum Gasteiger partial charge on any atom is -0.504 e. The van der Waals surface area contributed by atoms with Crippen molar-refractivity contribution >= 4 is 0 Å². The number of phenolic OH excluding ortho intramolecular Hbond substituents is 2. The van der Waals surface area contributed by atoms with E-state index in [-0.39, 0.29) is 17.9 Å². The minimum atomic E-state index is -2.41. The van der Waals surface area contributed by atoms with Crippen molar-refractivity contribution in [2.24, 2.45) is 0 Å². The first-order valence-electron chi connectivity index (χ1n) is 6.32. The fourth-order valence-corrected chi connectivity index (χ4v) is 2.41. The summed E-state index contributed by atoms with van der Waals surface area (Å²) in [5, 5.41) is 22.0. The summed E-state index contributed by atoms with van der Waals surface area (Å²) in [6, 6.07) is 3.86. The molecular formula is C13H18F2N2O2. The quantitative estimate of drug-likeness (QED) is 0.730. The third kappa shape index (κ3) is 3.54. The number of nitrogens with one attached hydrogen (secondary N) is 1. The number of halogens is 2. The summed E-state index contributed by atoms with van der Waals surface area (Å²) in [5.41, 5.74) is 0.609. The maximum Gasteiger partial charge on any atom is 0.240 e. The molecule has 1 aliphatic rings. The van der Waals surface area contributed by atoms with Crippen molar-refractivity contribution < 1.29 is 19.0 Å². The topological polar surface area (TPSA) is 55.7 Å². The first-order chi connectivity index (χ1) is 9.08. The Balaban J connectivity index is 2.22. The number of alkyl halides is 2. The molecule has 0 aliphatic carbocycles. The van der Waals surface area contributed by atoms with Crippen LogP contribution >= 0.6 is 0 Å². The summed E-state index contributed by atoms with van der Waals surface area (Å²) in [6.45, 7) is 2.92. The van der Waals surface area contributed by atoms with Crippen LogP contribution in [0, 0.1) is 0 Å². The molecule has 1 fully saturated rings. The minimum absolute atomic E-state index is 0.236. The third-order valence-corrected chi connectivity index (χ3v) is 3.38. The van der Waals surface area contributed by atoms with E-state index in [1.54, 1.807) is 6.07 Å². The highest BCUT2D eigenvalue weighted by Crippen LogP contribution is 2.33. The predicted octanol–water partition coefficient (Wildman–Crippen LogP) is 1.70. The molecule has 1 atom stereocenters. The van der Waals surface area contributed by atoms with Crippen molar-refractivity contribution in [2.45, 2.75) is 18.9 Å². The molecule has 1 heterocycles. The van der Waals surface area contributed by atoms with Crippen LogP contribution in [0.3, 0.4) is 0 Å². The maximum atomic E-state index is 12.8. The smallest absolute Gasteiger partial charge is 0.240 e. The molecule has 106 valence electrons. The molecule has 1 aliphatic heterocycles. The molecule has 6 heteroatoms. The average molecular weight is 272 g/mol. The summed E-state index contributed by atoms with van der Waals surface area (Å²) >= 11 is 0. The van der Waals surface area contributed by atoms with Gasteiger partial charge in [-0.15, -0.1) is 0 Å². The lowest BCUT2D eigenvalue weighted by Gasteiger charge is -2.35. The Kier molecular flexibility index (Phi) is 4.55. The SMILES string of the molecule is Oc1ccc([C@@H](CC(F)F)N2CCNCC2)cc1O. The highest BCUT2D eigenvalue weighted by atomic mass is 19.3. The number of rotatable bonds is 4. The molecule has 0 amide bonds. The average Bonchev–Trinajstić information content (AvgIpc) is 2.40. The van der Waals surface area contributed by atoms with E-state index < -0.39 is 12.5 Å². The van der Waals surface area contributed by atoms with Gasteiger partial charge >= 0.3 is 0 Å². The Morgan fingerprint density at radius 2 is 1.84 bits per heavy atom. The van der Waals surface area contributed by atoms with Gasteiger partial charge in [0.05, 0.1) is 0 Å². The maximum absolute atomic E-state index is 12.8. The normalized spacial score (nSPS) is 18.7. The third-order valence-electron chi connectivity index (χ3n) is 3.38. The van der Waals surface area contributed by atoms with Crippen molar-refractivity contribution in [3.05, 3.63) is 23.8 Å². The van der Waals surface area contributed by atoms with Gasteiger partial charge in [0.25, 0.3) is 0 Å². The van der Waals surface area contributed by atoms with E-state index in [4.69, 9.17) is 0 Å². The molecule has 3 N–H and O–H groups in total. The number of phenols is 2. The van der Waals surface area contributed by atoms with E-state index in [2.05, 4.69) is 5.32 Å². The van der Waals surface area contributed by atoms with Crippen LogP contribution in [0.1, 0.15) is 18.0 Å². The molecular weight excluding hydrogens is 254 g/mol. The number of hydrogen-bond donors (Lipinski definition) is 3. The van der Waals surface area contributed by atoms with Crippen LogP contribution in [0.2, 0.25) is 0 Å². The fourth-order valence-electron chi connectivity index (χ4n) is 2.41. The lowest BCUT2D eigenvalue weighted by Crippen LogP contribution is -2.45. The van der Waals surface area contributed by atoms with Crippen LogP contribution in [-0.2, 0) is 0 Å². The number of hydrogen-bond acceptors (Lipinski definition) is 4. The van der Waals surface area contributed by atoms with Gasteiger partial charge in [0.1, 0.15) is 0 Å². The van der Waals surface area contributed by atoms with Gasteiger partial charge in [-0.25, -0.2) is 8.78 Å². The van der Waals surface area contributed by atoms with Crippen LogP contribution < -0.4 is 5.32 Å². The second-order valence-electron chi connectivity index (χ2n) is 4.68. The van der Waals surface area contributed by atoms with E-state index in [1.807, 2.05) is 4.90 Å². The molecule has 4 nitrogen and oxygen atoms in total. The molecule has 0 spiro atoms. The zero-order chi connectivity index (χ0) is 13.8. The Morgan fingerprint density at radius 3 is 2.42 bits per heavy atom. The number of piperazine rings is 1. The van der Waals surface area contributed by atoms with Gasteiger partial charge < -0.3 is 15.5 Å². The molecule has 0 saturated carbocycles. The summed E-state index contributed by atoms with van der Waals surface area (Å²) in [4.78, 5) is 1.98. The number of aromatic hydroxyl groups is 2. The highest BCUT2D eigenvalue weighted by Gasteiger charge is 2.25. The van der Waals surface area contributed by atoms with Gasteiger partial charge in [-0.2, -0.15) is 0 Å². The van der Waals surface area contributed by atoms with Crippen molar-refractivity contribution in [2.75, 3.05) is 26.2 Å². The molecule has 1 saturated heterocycles. The molecule has 1 aromatic carbocycles. The number of nitrogens with zero attached hydrogens (tertiary/aromatic N) is 1. The van der Waals surface area contributed by atoms with Gasteiger partial charge in [0, 0.05) is 38.6 Å². The summed E-state index contributed by atoms with van der Waals surface area (Å²) < 4.78 is 25.5. The first kappa shape index (κ1) is 14.0. The van der Waals surface area contributed by atoms with Gasteiger partial charge in [-0.1, -0.05) is 6.07 Å². The van der Waals surface area contributed by atoms with Crippen molar-refractivity contribution in [3.8, 4) is 11.5 Å². The van der Waals surface area contributed by atoms with E-state index in [0.717, 1.165) is 13.1 Å². The molecule has 0 radical (unpaired) electrons. The van der Waals surface area contributed by atoms with Crippen molar-refractivity contribution in [1.29, 1.82) is 0 Å². The van der Waals surface area contributed by atoms with Gasteiger partial charge in [-0.3, -0.25) is 4.90 Å². The number of benzene rings is 1. The van der Waals surface area contributed by atoms with Crippen LogP contribution in [0.15, 0.2) is 18.2 Å². The summed E-state index contributed by atoms with van der Waals surface area (Å²) in [7, 11) is 0. The van der Waals surface area contributed by atoms with Crippen LogP contribution in [0.4, 0.5) is 8.78 Å². The monoisotopic (exact) mass is 272 g/mol. The molecule has 0 unspecified atom stereocenters. The molecule has 0 aromatic heterocycles. The second kappa shape index (κ2) is 6.16. The Labute approximate surface area is 110 Å². The van der Waals surface area contributed by atoms with Crippen LogP contribution in [0.5, 0.6) is 11.5 Å². The molecule has 19 heavy (non-hydrogen) atoms. The standard InChI is InChI=1S/C13H18F2N2O2/c14-13(15)8-10(17-5-3-16-4-6-17)9-1-2-11(18)12(19)7-9/h1-2,7,10,13,16,18-19H,3-6,8H2/t10-/m1/s1. The van der Waals surface area contributed by atoms with E-state index in [1.165, 1.54) is 12.1 Å². The summed E-state index contributed by atoms with van der Waals surface area (Å²) in [5.74, 6) is -0.508. The van der Waals surface area contributed by atoms with Crippen molar-refractivity contribution in [3.63, 3.8) is 0 Å². The van der Waals surface area contributed by atoms with E-state index in [9.17, 15) is 19.0 Å². The first-order valence-corrected chi connectivity index (χ1v) is 6.32. The Bertz CT molecular complexity index is 423. The zero-order valence-electron chi connectivity index (χ0n) is 10.5.